The number of carbonyl (C=O) groups excluding carboxylic acids is 1. The Labute approximate surface area is 144 Å². The van der Waals surface area contributed by atoms with Crippen LogP contribution in [0.1, 0.15) is 40.9 Å². The molecular weight excluding hydrogens is 322 g/mol. The number of nitrogens with one attached hydrogen (secondary N) is 1. The molecule has 0 aliphatic carbocycles. The fraction of sp³-hybridized carbons (Fsp3) is 0.278. The van der Waals surface area contributed by atoms with E-state index in [1.54, 1.807) is 0 Å². The van der Waals surface area contributed by atoms with Crippen molar-refractivity contribution >= 4 is 5.91 Å². The van der Waals surface area contributed by atoms with E-state index in [-0.39, 0.29) is 24.2 Å². The average molecular weight is 339 g/mol. The third-order valence-corrected chi connectivity index (χ3v) is 4.03. The van der Waals surface area contributed by atoms with Crippen molar-refractivity contribution in [3.05, 3.63) is 60.1 Å². The van der Waals surface area contributed by atoms with Crippen LogP contribution in [0, 0.1) is 0 Å². The van der Waals surface area contributed by atoms with Crippen molar-refractivity contribution < 1.29 is 18.4 Å². The van der Waals surface area contributed by atoms with Gasteiger partial charge in [-0.2, -0.15) is 0 Å². The molecule has 7 heteroatoms. The molecule has 0 saturated carbocycles. The summed E-state index contributed by atoms with van der Waals surface area (Å²) in [6.07, 6.45) is 4.40. The largest absolute Gasteiger partial charge is 0.445 e. The second-order valence-corrected chi connectivity index (χ2v) is 5.76. The lowest BCUT2D eigenvalue weighted by Gasteiger charge is -2.07. The van der Waals surface area contributed by atoms with Crippen LogP contribution >= 0.6 is 0 Å². The third kappa shape index (κ3) is 3.32. The van der Waals surface area contributed by atoms with Gasteiger partial charge in [0.2, 0.25) is 5.89 Å². The lowest BCUT2D eigenvalue weighted by Crippen LogP contribution is -2.24. The van der Waals surface area contributed by atoms with Crippen molar-refractivity contribution in [2.45, 2.75) is 25.5 Å². The monoisotopic (exact) mass is 339 g/mol. The minimum atomic E-state index is -0.316. The molecule has 1 aliphatic rings. The molecule has 1 N–H and O–H groups in total. The van der Waals surface area contributed by atoms with E-state index in [0.29, 0.717) is 24.0 Å². The standard InChI is InChI=1S/C18H17N3O4/c22-17(15-16(25-11-20-15)14-7-4-8-23-14)19-9-13-10-24-18(21-13)12-5-2-1-3-6-12/h1-3,5-6,10-11,14H,4,7-9H2,(H,19,22)/t14-/m1/s1. The highest BCUT2D eigenvalue weighted by Crippen LogP contribution is 2.30. The van der Waals surface area contributed by atoms with Crippen LogP contribution in [0.3, 0.4) is 0 Å². The average Bonchev–Trinajstić information content (AvgIpc) is 3.41. The van der Waals surface area contributed by atoms with E-state index in [0.717, 1.165) is 18.4 Å². The zero-order chi connectivity index (χ0) is 17.1. The molecule has 1 aromatic carbocycles. The normalized spacial score (nSPS) is 16.9. The van der Waals surface area contributed by atoms with Gasteiger partial charge in [-0.05, 0) is 25.0 Å². The van der Waals surface area contributed by atoms with Gasteiger partial charge >= 0.3 is 0 Å². The molecule has 0 unspecified atom stereocenters. The summed E-state index contributed by atoms with van der Waals surface area (Å²) in [4.78, 5) is 20.8. The van der Waals surface area contributed by atoms with Gasteiger partial charge in [0.1, 0.15) is 12.4 Å². The van der Waals surface area contributed by atoms with Crippen molar-refractivity contribution in [3.8, 4) is 11.5 Å². The Hall–Kier alpha value is -2.93. The Kier molecular flexibility index (Phi) is 4.30. The van der Waals surface area contributed by atoms with Gasteiger partial charge in [0, 0.05) is 12.2 Å². The van der Waals surface area contributed by atoms with E-state index in [9.17, 15) is 4.79 Å². The Morgan fingerprint density at radius 3 is 2.92 bits per heavy atom. The lowest BCUT2D eigenvalue weighted by atomic mass is 10.1. The quantitative estimate of drug-likeness (QED) is 0.768. The maximum atomic E-state index is 12.4. The Morgan fingerprint density at radius 2 is 2.12 bits per heavy atom. The van der Waals surface area contributed by atoms with E-state index in [1.807, 2.05) is 30.3 Å². The van der Waals surface area contributed by atoms with Crippen LogP contribution in [-0.4, -0.2) is 22.5 Å². The molecule has 2 aromatic heterocycles. The smallest absolute Gasteiger partial charge is 0.273 e. The molecule has 1 amide bonds. The minimum Gasteiger partial charge on any atom is -0.445 e. The molecule has 3 heterocycles. The maximum Gasteiger partial charge on any atom is 0.273 e. The molecule has 1 atom stereocenters. The first-order valence-corrected chi connectivity index (χ1v) is 8.14. The van der Waals surface area contributed by atoms with Crippen LogP contribution in [0.5, 0.6) is 0 Å². The van der Waals surface area contributed by atoms with Crippen LogP contribution in [0.2, 0.25) is 0 Å². The summed E-state index contributed by atoms with van der Waals surface area (Å²) in [6.45, 7) is 0.917. The number of hydrogen-bond acceptors (Lipinski definition) is 6. The molecule has 1 fully saturated rings. The molecule has 128 valence electrons. The van der Waals surface area contributed by atoms with Gasteiger partial charge in [0.25, 0.3) is 5.91 Å². The fourth-order valence-corrected chi connectivity index (χ4v) is 2.79. The van der Waals surface area contributed by atoms with Gasteiger partial charge < -0.3 is 18.9 Å². The zero-order valence-electron chi connectivity index (χ0n) is 13.5. The van der Waals surface area contributed by atoms with E-state index in [4.69, 9.17) is 13.6 Å². The van der Waals surface area contributed by atoms with E-state index >= 15 is 0 Å². The van der Waals surface area contributed by atoms with Crippen LogP contribution in [0.15, 0.2) is 51.8 Å². The number of oxazole rings is 2. The lowest BCUT2D eigenvalue weighted by molar-refractivity contribution is 0.0860. The first kappa shape index (κ1) is 15.6. The highest BCUT2D eigenvalue weighted by Gasteiger charge is 2.27. The van der Waals surface area contributed by atoms with Gasteiger partial charge in [0.05, 0.1) is 12.2 Å². The molecule has 1 saturated heterocycles. The fourth-order valence-electron chi connectivity index (χ4n) is 2.79. The van der Waals surface area contributed by atoms with E-state index < -0.39 is 0 Å². The maximum absolute atomic E-state index is 12.4. The number of carbonyl (C=O) groups is 1. The van der Waals surface area contributed by atoms with E-state index in [1.165, 1.54) is 12.7 Å². The SMILES string of the molecule is O=C(NCc1coc(-c2ccccc2)n1)c1ncoc1[C@H]1CCCO1. The van der Waals surface area contributed by atoms with Gasteiger partial charge in [-0.1, -0.05) is 18.2 Å². The Bertz CT molecular complexity index is 850. The van der Waals surface area contributed by atoms with Crippen LogP contribution < -0.4 is 5.32 Å². The molecular formula is C18H17N3O4. The Balaban J connectivity index is 1.41. The molecule has 0 spiro atoms. The Morgan fingerprint density at radius 1 is 1.24 bits per heavy atom. The topological polar surface area (TPSA) is 90.4 Å². The summed E-state index contributed by atoms with van der Waals surface area (Å²) in [6, 6.07) is 9.59. The summed E-state index contributed by atoms with van der Waals surface area (Å²) in [5.74, 6) is 0.690. The number of amides is 1. The molecule has 0 radical (unpaired) electrons. The number of rotatable bonds is 5. The van der Waals surface area contributed by atoms with Crippen molar-refractivity contribution in [3.63, 3.8) is 0 Å². The number of benzene rings is 1. The predicted molar refractivity (Wildman–Crippen MR) is 87.5 cm³/mol. The van der Waals surface area contributed by atoms with Gasteiger partial charge in [-0.3, -0.25) is 4.79 Å². The summed E-state index contributed by atoms with van der Waals surface area (Å²) in [7, 11) is 0. The molecule has 7 nitrogen and oxygen atoms in total. The minimum absolute atomic E-state index is 0.194. The molecule has 25 heavy (non-hydrogen) atoms. The molecule has 0 bridgehead atoms. The number of nitrogens with zero attached hydrogens (tertiary/aromatic N) is 2. The van der Waals surface area contributed by atoms with Crippen LogP contribution in [-0.2, 0) is 11.3 Å². The van der Waals surface area contributed by atoms with Gasteiger partial charge in [-0.25, -0.2) is 9.97 Å². The van der Waals surface area contributed by atoms with Crippen molar-refractivity contribution in [2.75, 3.05) is 6.61 Å². The highest BCUT2D eigenvalue weighted by molar-refractivity contribution is 5.93. The summed E-state index contributed by atoms with van der Waals surface area (Å²) >= 11 is 0. The number of aromatic nitrogens is 2. The van der Waals surface area contributed by atoms with Crippen LogP contribution in [0.4, 0.5) is 0 Å². The summed E-state index contributed by atoms with van der Waals surface area (Å²) in [5, 5.41) is 2.79. The highest BCUT2D eigenvalue weighted by atomic mass is 16.5. The second kappa shape index (κ2) is 6.90. The molecule has 3 aromatic rings. The summed E-state index contributed by atoms with van der Waals surface area (Å²) < 4.78 is 16.4. The second-order valence-electron chi connectivity index (χ2n) is 5.76. The van der Waals surface area contributed by atoms with Gasteiger partial charge in [0.15, 0.2) is 17.8 Å². The first-order chi connectivity index (χ1) is 12.3. The summed E-state index contributed by atoms with van der Waals surface area (Å²) in [5.41, 5.74) is 1.78. The number of hydrogen-bond donors (Lipinski definition) is 1. The van der Waals surface area contributed by atoms with Gasteiger partial charge in [-0.15, -0.1) is 0 Å². The van der Waals surface area contributed by atoms with Crippen molar-refractivity contribution in [2.24, 2.45) is 0 Å². The third-order valence-electron chi connectivity index (χ3n) is 4.03. The predicted octanol–water partition coefficient (Wildman–Crippen LogP) is 3.11. The number of ether oxygens (including phenoxy) is 1. The van der Waals surface area contributed by atoms with E-state index in [2.05, 4.69) is 15.3 Å². The first-order valence-electron chi connectivity index (χ1n) is 8.14. The molecule has 1 aliphatic heterocycles. The van der Waals surface area contributed by atoms with Crippen molar-refractivity contribution in [1.82, 2.24) is 15.3 Å². The molecule has 4 rings (SSSR count). The van der Waals surface area contributed by atoms with Crippen LogP contribution in [0.25, 0.3) is 11.5 Å². The zero-order valence-corrected chi connectivity index (χ0v) is 13.5. The van der Waals surface area contributed by atoms with Crippen molar-refractivity contribution in [1.29, 1.82) is 0 Å².